The van der Waals surface area contributed by atoms with E-state index in [2.05, 4.69) is 25.4 Å². The Bertz CT molecular complexity index is 1170. The summed E-state index contributed by atoms with van der Waals surface area (Å²) < 4.78 is 47.7. The molecule has 0 aliphatic heterocycles. The number of halogens is 4. The molecule has 0 fully saturated rings. The molecule has 4 heterocycles. The van der Waals surface area contributed by atoms with Crippen LogP contribution in [0.4, 0.5) is 13.2 Å². The van der Waals surface area contributed by atoms with Gasteiger partial charge in [-0.15, -0.1) is 10.2 Å². The third-order valence-electron chi connectivity index (χ3n) is 3.82. The van der Waals surface area contributed by atoms with E-state index in [1.165, 1.54) is 6.92 Å². The van der Waals surface area contributed by atoms with Crippen LogP contribution in [0.2, 0.25) is 5.02 Å². The molecule has 4 aromatic rings. The van der Waals surface area contributed by atoms with Crippen LogP contribution in [0.5, 0.6) is 0 Å². The largest absolute Gasteiger partial charge is 0.433 e. The van der Waals surface area contributed by atoms with Gasteiger partial charge in [0, 0.05) is 18.9 Å². The van der Waals surface area contributed by atoms with Gasteiger partial charge in [0.25, 0.3) is 11.8 Å². The molecule has 0 aliphatic carbocycles. The molecule has 12 heteroatoms. The van der Waals surface area contributed by atoms with E-state index in [1.807, 2.05) is 0 Å². The van der Waals surface area contributed by atoms with Crippen molar-refractivity contribution in [2.24, 2.45) is 7.05 Å². The van der Waals surface area contributed by atoms with Gasteiger partial charge < -0.3 is 4.42 Å². The Hall–Kier alpha value is -2.95. The van der Waals surface area contributed by atoms with Gasteiger partial charge in [-0.25, -0.2) is 9.50 Å². The highest BCUT2D eigenvalue weighted by Gasteiger charge is 2.36. The molecule has 27 heavy (non-hydrogen) atoms. The maximum Gasteiger partial charge on any atom is 0.433 e. The van der Waals surface area contributed by atoms with Crippen molar-refractivity contribution in [3.63, 3.8) is 0 Å². The van der Waals surface area contributed by atoms with E-state index < -0.39 is 11.9 Å². The lowest BCUT2D eigenvalue weighted by Gasteiger charge is -2.09. The zero-order chi connectivity index (χ0) is 19.5. The number of rotatable bonds is 2. The zero-order valence-electron chi connectivity index (χ0n) is 14.2. The van der Waals surface area contributed by atoms with E-state index >= 15 is 0 Å². The minimum absolute atomic E-state index is 0.0828. The molecule has 8 nitrogen and oxygen atoms in total. The van der Waals surface area contributed by atoms with Crippen molar-refractivity contribution in [3.8, 4) is 23.0 Å². The first-order valence-electron chi connectivity index (χ1n) is 7.62. The van der Waals surface area contributed by atoms with E-state index in [9.17, 15) is 13.2 Å². The molecule has 4 rings (SSSR count). The third kappa shape index (κ3) is 2.83. The fraction of sp³-hybridized carbons (Fsp3) is 0.267. The molecule has 0 N–H and O–H groups in total. The van der Waals surface area contributed by atoms with Gasteiger partial charge in [-0.2, -0.15) is 23.4 Å². The molecule has 0 saturated carbocycles. The Balaban J connectivity index is 1.88. The second kappa shape index (κ2) is 5.78. The smallest absolute Gasteiger partial charge is 0.414 e. The van der Waals surface area contributed by atoms with Gasteiger partial charge in [-0.3, -0.25) is 4.68 Å². The first-order valence-corrected chi connectivity index (χ1v) is 8.00. The summed E-state index contributed by atoms with van der Waals surface area (Å²) in [5, 5.41) is 15.8. The van der Waals surface area contributed by atoms with Crippen molar-refractivity contribution in [1.82, 2.24) is 34.6 Å². The summed E-state index contributed by atoms with van der Waals surface area (Å²) in [6.45, 7) is 3.20. The minimum atomic E-state index is -4.63. The number of hydrogen-bond donors (Lipinski definition) is 0. The molecule has 0 saturated heterocycles. The van der Waals surface area contributed by atoms with Crippen LogP contribution in [0.3, 0.4) is 0 Å². The van der Waals surface area contributed by atoms with Crippen molar-refractivity contribution in [1.29, 1.82) is 0 Å². The van der Waals surface area contributed by atoms with Gasteiger partial charge in [0.2, 0.25) is 0 Å². The SMILES string of the molecule is Cc1cc(C(F)(F)F)n2nc(-c3nnc(-c4cn(C)nc4C)o3)c(Cl)c2n1. The van der Waals surface area contributed by atoms with Gasteiger partial charge in [-0.1, -0.05) is 11.6 Å². The Kier molecular flexibility index (Phi) is 3.74. The van der Waals surface area contributed by atoms with Crippen LogP contribution in [-0.4, -0.2) is 34.6 Å². The lowest BCUT2D eigenvalue weighted by Crippen LogP contribution is -2.13. The Morgan fingerprint density at radius 3 is 2.44 bits per heavy atom. The Morgan fingerprint density at radius 1 is 1.11 bits per heavy atom. The minimum Gasteiger partial charge on any atom is -0.414 e. The summed E-state index contributed by atoms with van der Waals surface area (Å²) in [6, 6.07) is 0.887. The lowest BCUT2D eigenvalue weighted by atomic mass is 10.3. The highest BCUT2D eigenvalue weighted by Crippen LogP contribution is 2.35. The van der Waals surface area contributed by atoms with Gasteiger partial charge in [0.15, 0.2) is 11.3 Å². The van der Waals surface area contributed by atoms with Crippen LogP contribution in [0.1, 0.15) is 17.1 Å². The third-order valence-corrected chi connectivity index (χ3v) is 4.17. The van der Waals surface area contributed by atoms with Crippen LogP contribution in [0, 0.1) is 13.8 Å². The van der Waals surface area contributed by atoms with Crippen LogP contribution in [0.25, 0.3) is 28.7 Å². The second-order valence-corrected chi connectivity index (χ2v) is 6.27. The fourth-order valence-electron chi connectivity index (χ4n) is 2.69. The summed E-state index contributed by atoms with van der Waals surface area (Å²) in [7, 11) is 1.74. The fourth-order valence-corrected chi connectivity index (χ4v) is 2.93. The normalized spacial score (nSPS) is 12.3. The molecule has 0 aromatic carbocycles. The molecule has 0 bridgehead atoms. The van der Waals surface area contributed by atoms with Gasteiger partial charge in [0.1, 0.15) is 10.7 Å². The monoisotopic (exact) mass is 397 g/mol. The second-order valence-electron chi connectivity index (χ2n) is 5.89. The summed E-state index contributed by atoms with van der Waals surface area (Å²) in [6.07, 6.45) is -2.95. The average Bonchev–Trinajstić information content (AvgIpc) is 3.24. The molecular formula is C15H11ClF3N7O. The van der Waals surface area contributed by atoms with E-state index in [4.69, 9.17) is 16.0 Å². The summed E-state index contributed by atoms with van der Waals surface area (Å²) in [5.74, 6) is 0.0402. The molecule has 140 valence electrons. The maximum atomic E-state index is 13.3. The molecule has 0 amide bonds. The average molecular weight is 398 g/mol. The molecular weight excluding hydrogens is 387 g/mol. The number of hydrogen-bond acceptors (Lipinski definition) is 6. The van der Waals surface area contributed by atoms with Crippen LogP contribution < -0.4 is 0 Å². The number of aromatic nitrogens is 7. The van der Waals surface area contributed by atoms with Crippen LogP contribution in [0.15, 0.2) is 16.7 Å². The van der Waals surface area contributed by atoms with E-state index in [0.29, 0.717) is 15.8 Å². The number of nitrogens with zero attached hydrogens (tertiary/aromatic N) is 7. The van der Waals surface area contributed by atoms with Gasteiger partial charge in [0.05, 0.1) is 11.3 Å². The number of aryl methyl sites for hydroxylation is 3. The van der Waals surface area contributed by atoms with Crippen molar-refractivity contribution >= 4 is 17.2 Å². The predicted octanol–water partition coefficient (Wildman–Crippen LogP) is 3.47. The maximum absolute atomic E-state index is 13.3. The first kappa shape index (κ1) is 17.5. The zero-order valence-corrected chi connectivity index (χ0v) is 15.0. The Labute approximate surface area is 154 Å². The van der Waals surface area contributed by atoms with Crippen molar-refractivity contribution in [2.45, 2.75) is 20.0 Å². The highest BCUT2D eigenvalue weighted by atomic mass is 35.5. The summed E-state index contributed by atoms with van der Waals surface area (Å²) in [4.78, 5) is 4.04. The number of alkyl halides is 3. The topological polar surface area (TPSA) is 86.9 Å². The molecule has 4 aromatic heterocycles. The molecule has 0 spiro atoms. The van der Waals surface area contributed by atoms with E-state index in [-0.39, 0.29) is 33.8 Å². The van der Waals surface area contributed by atoms with E-state index in [1.54, 1.807) is 24.9 Å². The molecule has 0 atom stereocenters. The van der Waals surface area contributed by atoms with Gasteiger partial charge in [-0.05, 0) is 19.9 Å². The summed E-state index contributed by atoms with van der Waals surface area (Å²) >= 11 is 6.22. The summed E-state index contributed by atoms with van der Waals surface area (Å²) in [5.41, 5.74) is 0.185. The molecule has 0 aliphatic rings. The number of fused-ring (bicyclic) bond motifs is 1. The van der Waals surface area contributed by atoms with Crippen molar-refractivity contribution in [2.75, 3.05) is 0 Å². The predicted molar refractivity (Wildman–Crippen MR) is 88.0 cm³/mol. The quantitative estimate of drug-likeness (QED) is 0.514. The molecule has 0 radical (unpaired) electrons. The van der Waals surface area contributed by atoms with Crippen molar-refractivity contribution in [3.05, 3.63) is 34.4 Å². The Morgan fingerprint density at radius 2 is 1.81 bits per heavy atom. The first-order chi connectivity index (χ1) is 12.6. The highest BCUT2D eigenvalue weighted by molar-refractivity contribution is 6.35. The van der Waals surface area contributed by atoms with Crippen molar-refractivity contribution < 1.29 is 17.6 Å². The van der Waals surface area contributed by atoms with Crippen LogP contribution in [-0.2, 0) is 13.2 Å². The van der Waals surface area contributed by atoms with Crippen LogP contribution >= 0.6 is 11.6 Å². The lowest BCUT2D eigenvalue weighted by molar-refractivity contribution is -0.142. The standard InChI is InChI=1S/C15H11ClF3N7O/c1-6-4-9(15(17,18)19)26-12(20-6)10(16)11(24-26)14-22-21-13(27-14)8-5-25(3)23-7(8)2/h4-5H,1-3H3. The molecule has 0 unspecified atom stereocenters. The van der Waals surface area contributed by atoms with E-state index in [0.717, 1.165) is 6.07 Å². The van der Waals surface area contributed by atoms with Gasteiger partial charge >= 0.3 is 6.18 Å².